The van der Waals surface area contributed by atoms with Crippen molar-refractivity contribution in [2.24, 2.45) is 10.4 Å². The van der Waals surface area contributed by atoms with Gasteiger partial charge in [0.2, 0.25) is 10.0 Å². The summed E-state index contributed by atoms with van der Waals surface area (Å²) in [6, 6.07) is 0. The maximum atomic E-state index is 11.1. The third-order valence-corrected chi connectivity index (χ3v) is 5.84. The molecule has 2 fully saturated rings. The Labute approximate surface area is 164 Å². The van der Waals surface area contributed by atoms with Crippen molar-refractivity contribution in [2.75, 3.05) is 39.5 Å². The highest BCUT2D eigenvalue weighted by atomic mass is 127. The summed E-state index contributed by atoms with van der Waals surface area (Å²) in [7, 11) is -1.32. The van der Waals surface area contributed by atoms with Crippen molar-refractivity contribution in [3.05, 3.63) is 0 Å². The van der Waals surface area contributed by atoms with Gasteiger partial charge >= 0.3 is 0 Å². The molecule has 142 valence electrons. The Hall–Kier alpha value is -0.0900. The van der Waals surface area contributed by atoms with Gasteiger partial charge in [-0.15, -0.1) is 24.0 Å². The molecule has 1 saturated carbocycles. The van der Waals surface area contributed by atoms with Crippen molar-refractivity contribution in [2.45, 2.75) is 51.4 Å². The molecule has 24 heavy (non-hydrogen) atoms. The first-order valence-electron chi connectivity index (χ1n) is 8.84. The van der Waals surface area contributed by atoms with Gasteiger partial charge in [0.15, 0.2) is 5.96 Å². The van der Waals surface area contributed by atoms with Crippen molar-refractivity contribution in [3.8, 4) is 0 Å². The van der Waals surface area contributed by atoms with Gasteiger partial charge in [0, 0.05) is 33.2 Å². The maximum absolute atomic E-state index is 11.1. The largest absolute Gasteiger partial charge is 0.355 e. The lowest BCUT2D eigenvalue weighted by Crippen LogP contribution is -2.51. The smallest absolute Gasteiger partial charge is 0.208 e. The molecule has 0 unspecified atom stereocenters. The van der Waals surface area contributed by atoms with Crippen LogP contribution < -0.4 is 10.0 Å². The predicted octanol–water partition coefficient (Wildman–Crippen LogP) is 2.17. The van der Waals surface area contributed by atoms with Gasteiger partial charge in [0.1, 0.15) is 0 Å². The van der Waals surface area contributed by atoms with E-state index in [4.69, 9.17) is 0 Å². The fraction of sp³-hybridized carbons (Fsp3) is 0.938. The van der Waals surface area contributed by atoms with E-state index in [-0.39, 0.29) is 24.0 Å². The normalized spacial score (nSPS) is 21.9. The first kappa shape index (κ1) is 22.0. The van der Waals surface area contributed by atoms with Crippen LogP contribution in [0.3, 0.4) is 0 Å². The molecule has 1 saturated heterocycles. The van der Waals surface area contributed by atoms with E-state index in [1.165, 1.54) is 57.6 Å². The van der Waals surface area contributed by atoms with Crippen molar-refractivity contribution < 1.29 is 8.42 Å². The van der Waals surface area contributed by atoms with Gasteiger partial charge in [-0.2, -0.15) is 0 Å². The number of piperidine rings is 1. The maximum Gasteiger partial charge on any atom is 0.208 e. The predicted molar refractivity (Wildman–Crippen MR) is 111 cm³/mol. The van der Waals surface area contributed by atoms with Crippen LogP contribution in [0.15, 0.2) is 4.99 Å². The number of nitrogens with one attached hydrogen (secondary N) is 2. The van der Waals surface area contributed by atoms with Crippen LogP contribution in [0, 0.1) is 5.41 Å². The number of hydrogen-bond donors (Lipinski definition) is 2. The minimum Gasteiger partial charge on any atom is -0.355 e. The molecule has 0 aromatic carbocycles. The second-order valence-electron chi connectivity index (χ2n) is 7.08. The zero-order valence-corrected chi connectivity index (χ0v) is 18.2. The Morgan fingerprint density at radius 1 is 1.08 bits per heavy atom. The number of halogens is 1. The molecule has 0 radical (unpaired) electrons. The number of hydrogen-bond acceptors (Lipinski definition) is 3. The van der Waals surface area contributed by atoms with Crippen molar-refractivity contribution in [1.82, 2.24) is 14.9 Å². The first-order chi connectivity index (χ1) is 10.9. The van der Waals surface area contributed by atoms with Crippen LogP contribution in [0.5, 0.6) is 0 Å². The number of sulfonamides is 1. The quantitative estimate of drug-likeness (QED) is 0.285. The van der Waals surface area contributed by atoms with E-state index in [2.05, 4.69) is 19.9 Å². The van der Waals surface area contributed by atoms with E-state index in [0.717, 1.165) is 19.0 Å². The molecule has 1 spiro atoms. The molecule has 1 aliphatic heterocycles. The molecular formula is C16H33IN4O2S. The van der Waals surface area contributed by atoms with E-state index < -0.39 is 10.0 Å². The SMILES string of the molecule is CN=C(NCCNS(C)(=O)=O)N1CCCC2(CCCCCC2)C1.I. The highest BCUT2D eigenvalue weighted by Crippen LogP contribution is 2.42. The number of rotatable bonds is 4. The van der Waals surface area contributed by atoms with Crippen LogP contribution in [0.4, 0.5) is 0 Å². The van der Waals surface area contributed by atoms with E-state index in [1.807, 2.05) is 0 Å². The first-order valence-corrected chi connectivity index (χ1v) is 10.7. The van der Waals surface area contributed by atoms with Crippen LogP contribution in [0.25, 0.3) is 0 Å². The van der Waals surface area contributed by atoms with E-state index in [0.29, 0.717) is 18.5 Å². The minimum atomic E-state index is -3.12. The Morgan fingerprint density at radius 2 is 1.71 bits per heavy atom. The van der Waals surface area contributed by atoms with Gasteiger partial charge in [0.05, 0.1) is 6.26 Å². The summed E-state index contributed by atoms with van der Waals surface area (Å²) in [5.74, 6) is 0.906. The lowest BCUT2D eigenvalue weighted by Gasteiger charge is -2.44. The van der Waals surface area contributed by atoms with Crippen molar-refractivity contribution in [3.63, 3.8) is 0 Å². The van der Waals surface area contributed by atoms with Gasteiger partial charge in [-0.05, 0) is 31.1 Å². The Bertz CT molecular complexity index is 502. The fourth-order valence-corrected chi connectivity index (χ4v) is 4.49. The van der Waals surface area contributed by atoms with Crippen LogP contribution >= 0.6 is 24.0 Å². The summed E-state index contributed by atoms with van der Waals surface area (Å²) in [4.78, 5) is 6.77. The van der Waals surface area contributed by atoms with Crippen LogP contribution in [-0.2, 0) is 10.0 Å². The lowest BCUT2D eigenvalue weighted by atomic mass is 9.74. The highest BCUT2D eigenvalue weighted by molar-refractivity contribution is 14.0. The third kappa shape index (κ3) is 7.03. The summed E-state index contributed by atoms with van der Waals surface area (Å²) >= 11 is 0. The lowest BCUT2D eigenvalue weighted by molar-refractivity contribution is 0.115. The molecule has 1 heterocycles. The molecule has 0 bridgehead atoms. The second-order valence-corrected chi connectivity index (χ2v) is 8.91. The molecular weight excluding hydrogens is 439 g/mol. The molecule has 2 aliphatic rings. The third-order valence-electron chi connectivity index (χ3n) is 5.11. The second kappa shape index (κ2) is 10.2. The molecule has 2 rings (SSSR count). The monoisotopic (exact) mass is 472 g/mol. The fourth-order valence-electron chi connectivity index (χ4n) is 4.02. The molecule has 0 atom stereocenters. The van der Waals surface area contributed by atoms with Gasteiger partial charge in [-0.1, -0.05) is 25.7 Å². The number of aliphatic imine (C=N–C) groups is 1. The van der Waals surface area contributed by atoms with Crippen molar-refractivity contribution in [1.29, 1.82) is 0 Å². The zero-order chi connectivity index (χ0) is 16.8. The molecule has 6 nitrogen and oxygen atoms in total. The van der Waals surface area contributed by atoms with Crippen LogP contribution in [0.2, 0.25) is 0 Å². The summed E-state index contributed by atoms with van der Waals surface area (Å²) in [5, 5.41) is 3.30. The number of likely N-dealkylation sites (tertiary alicyclic amines) is 1. The van der Waals surface area contributed by atoms with Crippen LogP contribution in [0.1, 0.15) is 51.4 Å². The van der Waals surface area contributed by atoms with Gasteiger partial charge in [-0.3, -0.25) is 4.99 Å². The summed E-state index contributed by atoms with van der Waals surface area (Å²) in [5.41, 5.74) is 0.470. The zero-order valence-electron chi connectivity index (χ0n) is 15.0. The molecule has 1 aliphatic carbocycles. The molecule has 0 amide bonds. The van der Waals surface area contributed by atoms with Crippen molar-refractivity contribution >= 4 is 40.0 Å². The number of nitrogens with zero attached hydrogens (tertiary/aromatic N) is 2. The van der Waals surface area contributed by atoms with E-state index >= 15 is 0 Å². The average Bonchev–Trinajstić information content (AvgIpc) is 2.72. The minimum absolute atomic E-state index is 0. The van der Waals surface area contributed by atoms with E-state index in [1.54, 1.807) is 7.05 Å². The summed E-state index contributed by atoms with van der Waals surface area (Å²) < 4.78 is 24.7. The van der Waals surface area contributed by atoms with Gasteiger partial charge in [0.25, 0.3) is 0 Å². The molecule has 2 N–H and O–H groups in total. The van der Waals surface area contributed by atoms with Crippen LogP contribution in [-0.4, -0.2) is 58.8 Å². The summed E-state index contributed by atoms with van der Waals surface area (Å²) in [6.07, 6.45) is 11.9. The molecule has 0 aromatic heterocycles. The van der Waals surface area contributed by atoms with E-state index in [9.17, 15) is 8.42 Å². The molecule has 8 heteroatoms. The highest BCUT2D eigenvalue weighted by Gasteiger charge is 2.36. The Morgan fingerprint density at radius 3 is 2.29 bits per heavy atom. The molecule has 0 aromatic rings. The Balaban J connectivity index is 0.00000288. The topological polar surface area (TPSA) is 73.8 Å². The summed E-state index contributed by atoms with van der Waals surface area (Å²) in [6.45, 7) is 3.08. The average molecular weight is 472 g/mol. The van der Waals surface area contributed by atoms with Gasteiger partial charge < -0.3 is 10.2 Å². The Kier molecular flexibility index (Phi) is 9.29. The standard InChI is InChI=1S/C16H32N4O2S.HI/c1-17-15(18-11-12-19-23(2,21)22)20-13-7-10-16(14-20)8-5-3-4-6-9-16;/h19H,3-14H2,1-2H3,(H,17,18);1H. The van der Waals surface area contributed by atoms with Gasteiger partial charge in [-0.25, -0.2) is 13.1 Å². The number of guanidine groups is 1.